The molecule has 0 saturated carbocycles. The summed E-state index contributed by atoms with van der Waals surface area (Å²) in [5.74, 6) is 2.53. The second-order valence-electron chi connectivity index (χ2n) is 7.63. The molecule has 7 heteroatoms. The SMILES string of the molecule is COc1ccccc1CN1CC(c2nc(-c3ccc(OC(C)C)cc3)no2)CC1=O. The molecular weight excluding hydrogens is 382 g/mol. The number of methoxy groups -OCH3 is 1. The summed E-state index contributed by atoms with van der Waals surface area (Å²) in [6.45, 7) is 5.01. The van der Waals surface area contributed by atoms with Crippen molar-refractivity contribution in [3.8, 4) is 22.9 Å². The van der Waals surface area contributed by atoms with Gasteiger partial charge in [0.2, 0.25) is 17.6 Å². The van der Waals surface area contributed by atoms with Crippen LogP contribution in [0.5, 0.6) is 11.5 Å². The van der Waals surface area contributed by atoms with E-state index >= 15 is 0 Å². The van der Waals surface area contributed by atoms with Crippen molar-refractivity contribution in [2.75, 3.05) is 13.7 Å². The molecule has 1 aliphatic heterocycles. The molecule has 0 N–H and O–H groups in total. The molecule has 1 atom stereocenters. The van der Waals surface area contributed by atoms with Crippen molar-refractivity contribution in [1.29, 1.82) is 0 Å². The summed E-state index contributed by atoms with van der Waals surface area (Å²) in [6.07, 6.45) is 0.476. The average Bonchev–Trinajstić information content (AvgIpc) is 3.36. The number of aromatic nitrogens is 2. The largest absolute Gasteiger partial charge is 0.496 e. The molecule has 0 aliphatic carbocycles. The van der Waals surface area contributed by atoms with Gasteiger partial charge >= 0.3 is 0 Å². The molecule has 1 fully saturated rings. The summed E-state index contributed by atoms with van der Waals surface area (Å²) < 4.78 is 16.6. The Labute approximate surface area is 175 Å². The van der Waals surface area contributed by atoms with E-state index in [1.54, 1.807) is 7.11 Å². The minimum atomic E-state index is -0.114. The molecule has 0 bridgehead atoms. The van der Waals surface area contributed by atoms with Gasteiger partial charge in [-0.25, -0.2) is 0 Å². The number of rotatable bonds is 7. The van der Waals surface area contributed by atoms with E-state index in [1.807, 2.05) is 67.3 Å². The van der Waals surface area contributed by atoms with Crippen molar-refractivity contribution in [3.63, 3.8) is 0 Å². The minimum absolute atomic E-state index is 0.0702. The van der Waals surface area contributed by atoms with Gasteiger partial charge in [0.15, 0.2) is 0 Å². The molecule has 7 nitrogen and oxygen atoms in total. The van der Waals surface area contributed by atoms with Gasteiger partial charge in [0.1, 0.15) is 11.5 Å². The molecule has 0 radical (unpaired) electrons. The lowest BCUT2D eigenvalue weighted by Crippen LogP contribution is -2.24. The van der Waals surface area contributed by atoms with Gasteiger partial charge in [0.25, 0.3) is 0 Å². The lowest BCUT2D eigenvalue weighted by molar-refractivity contribution is -0.128. The Balaban J connectivity index is 1.44. The van der Waals surface area contributed by atoms with Crippen LogP contribution in [0.15, 0.2) is 53.1 Å². The number of hydrogen-bond acceptors (Lipinski definition) is 6. The van der Waals surface area contributed by atoms with Crippen LogP contribution >= 0.6 is 0 Å². The number of likely N-dealkylation sites (tertiary alicyclic amines) is 1. The van der Waals surface area contributed by atoms with Crippen molar-refractivity contribution in [3.05, 3.63) is 60.0 Å². The number of amides is 1. The first-order valence-corrected chi connectivity index (χ1v) is 10.0. The summed E-state index contributed by atoms with van der Waals surface area (Å²) in [5, 5.41) is 4.11. The summed E-state index contributed by atoms with van der Waals surface area (Å²) in [5.41, 5.74) is 1.82. The van der Waals surface area contributed by atoms with Crippen molar-refractivity contribution in [2.45, 2.75) is 38.8 Å². The minimum Gasteiger partial charge on any atom is -0.496 e. The van der Waals surface area contributed by atoms with Crippen LogP contribution in [0.25, 0.3) is 11.4 Å². The third kappa shape index (κ3) is 4.30. The van der Waals surface area contributed by atoms with Crippen LogP contribution in [-0.4, -0.2) is 40.7 Å². The van der Waals surface area contributed by atoms with Crippen molar-refractivity contribution < 1.29 is 18.8 Å². The second kappa shape index (κ2) is 8.57. The van der Waals surface area contributed by atoms with Crippen LogP contribution in [0.4, 0.5) is 0 Å². The van der Waals surface area contributed by atoms with Gasteiger partial charge in [-0.3, -0.25) is 4.79 Å². The molecule has 3 aromatic rings. The molecule has 1 saturated heterocycles. The molecule has 4 rings (SSSR count). The van der Waals surface area contributed by atoms with Crippen LogP contribution in [-0.2, 0) is 11.3 Å². The number of ether oxygens (including phenoxy) is 2. The maximum Gasteiger partial charge on any atom is 0.232 e. The fourth-order valence-corrected chi connectivity index (χ4v) is 3.60. The normalized spacial score (nSPS) is 16.3. The lowest BCUT2D eigenvalue weighted by Gasteiger charge is -2.17. The Kier molecular flexibility index (Phi) is 5.70. The van der Waals surface area contributed by atoms with Gasteiger partial charge < -0.3 is 18.9 Å². The first kappa shape index (κ1) is 19.9. The van der Waals surface area contributed by atoms with Crippen molar-refractivity contribution >= 4 is 5.91 Å². The van der Waals surface area contributed by atoms with Gasteiger partial charge in [-0.2, -0.15) is 4.98 Å². The Morgan fingerprint density at radius 2 is 1.93 bits per heavy atom. The van der Waals surface area contributed by atoms with Gasteiger partial charge in [-0.15, -0.1) is 0 Å². The fraction of sp³-hybridized carbons (Fsp3) is 0.348. The molecule has 0 spiro atoms. The van der Waals surface area contributed by atoms with E-state index in [2.05, 4.69) is 10.1 Å². The zero-order valence-electron chi connectivity index (χ0n) is 17.4. The third-order valence-corrected chi connectivity index (χ3v) is 5.04. The summed E-state index contributed by atoms with van der Waals surface area (Å²) >= 11 is 0. The molecular formula is C23H25N3O4. The van der Waals surface area contributed by atoms with E-state index in [9.17, 15) is 4.79 Å². The predicted octanol–water partition coefficient (Wildman–Crippen LogP) is 4.05. The Bertz CT molecular complexity index is 1010. The molecule has 1 unspecified atom stereocenters. The number of carbonyl (C=O) groups is 1. The van der Waals surface area contributed by atoms with E-state index in [-0.39, 0.29) is 17.9 Å². The molecule has 2 aromatic carbocycles. The fourth-order valence-electron chi connectivity index (χ4n) is 3.60. The van der Waals surface area contributed by atoms with Gasteiger partial charge in [-0.1, -0.05) is 23.4 Å². The first-order valence-electron chi connectivity index (χ1n) is 10.0. The number of hydrogen-bond donors (Lipinski definition) is 0. The third-order valence-electron chi connectivity index (χ3n) is 5.04. The number of para-hydroxylation sites is 1. The van der Waals surface area contributed by atoms with Crippen LogP contribution in [0.2, 0.25) is 0 Å². The summed E-state index contributed by atoms with van der Waals surface area (Å²) in [4.78, 5) is 18.9. The highest BCUT2D eigenvalue weighted by Gasteiger charge is 2.34. The zero-order chi connectivity index (χ0) is 21.1. The molecule has 2 heterocycles. The highest BCUT2D eigenvalue weighted by atomic mass is 16.5. The summed E-state index contributed by atoms with van der Waals surface area (Å²) in [7, 11) is 1.63. The number of nitrogens with zero attached hydrogens (tertiary/aromatic N) is 3. The monoisotopic (exact) mass is 407 g/mol. The van der Waals surface area contributed by atoms with E-state index < -0.39 is 0 Å². The Hall–Kier alpha value is -3.35. The predicted molar refractivity (Wildman–Crippen MR) is 111 cm³/mol. The van der Waals surface area contributed by atoms with Crippen LogP contribution in [0, 0.1) is 0 Å². The molecule has 1 amide bonds. The molecule has 1 aromatic heterocycles. The van der Waals surface area contributed by atoms with Crippen molar-refractivity contribution in [2.24, 2.45) is 0 Å². The zero-order valence-corrected chi connectivity index (χ0v) is 17.4. The quantitative estimate of drug-likeness (QED) is 0.588. The Morgan fingerprint density at radius 1 is 1.17 bits per heavy atom. The topological polar surface area (TPSA) is 77.7 Å². The lowest BCUT2D eigenvalue weighted by atomic mass is 10.1. The van der Waals surface area contributed by atoms with Crippen LogP contribution in [0.3, 0.4) is 0 Å². The smallest absolute Gasteiger partial charge is 0.232 e. The van der Waals surface area contributed by atoms with E-state index in [0.29, 0.717) is 31.2 Å². The van der Waals surface area contributed by atoms with E-state index in [1.165, 1.54) is 0 Å². The highest BCUT2D eigenvalue weighted by Crippen LogP contribution is 2.31. The molecule has 156 valence electrons. The average molecular weight is 407 g/mol. The maximum atomic E-state index is 12.5. The first-order chi connectivity index (χ1) is 14.5. The second-order valence-corrected chi connectivity index (χ2v) is 7.63. The van der Waals surface area contributed by atoms with Crippen LogP contribution in [0.1, 0.15) is 37.6 Å². The number of benzene rings is 2. The maximum absolute atomic E-state index is 12.5. The molecule has 30 heavy (non-hydrogen) atoms. The van der Waals surface area contributed by atoms with Gasteiger partial charge in [0.05, 0.1) is 19.1 Å². The van der Waals surface area contributed by atoms with Crippen molar-refractivity contribution in [1.82, 2.24) is 15.0 Å². The highest BCUT2D eigenvalue weighted by molar-refractivity contribution is 5.79. The Morgan fingerprint density at radius 3 is 2.67 bits per heavy atom. The van der Waals surface area contributed by atoms with Crippen LogP contribution < -0.4 is 9.47 Å². The van der Waals surface area contributed by atoms with Gasteiger partial charge in [-0.05, 0) is 44.2 Å². The van der Waals surface area contributed by atoms with E-state index in [4.69, 9.17) is 14.0 Å². The van der Waals surface area contributed by atoms with E-state index in [0.717, 1.165) is 22.6 Å². The number of carbonyl (C=O) groups excluding carboxylic acids is 1. The summed E-state index contributed by atoms with van der Waals surface area (Å²) in [6, 6.07) is 15.3. The standard InChI is InChI=1S/C23H25N3O4/c1-15(2)29-19-10-8-16(9-11-19)22-24-23(30-25-22)18-12-21(27)26(14-18)13-17-6-4-5-7-20(17)28-3/h4-11,15,18H,12-14H2,1-3H3. The van der Waals surface area contributed by atoms with Gasteiger partial charge in [0, 0.05) is 30.6 Å². The molecule has 1 aliphatic rings.